The van der Waals surface area contributed by atoms with Crippen LogP contribution in [0.5, 0.6) is 0 Å². The number of halogens is 1. The van der Waals surface area contributed by atoms with Gasteiger partial charge in [0, 0.05) is 31.7 Å². The Hall–Kier alpha value is -2.35. The molecule has 1 aliphatic heterocycles. The minimum Gasteiger partial charge on any atom is -0.379 e. The van der Waals surface area contributed by atoms with Gasteiger partial charge in [-0.05, 0) is 36.2 Å². The number of hydrogen-bond acceptors (Lipinski definition) is 5. The van der Waals surface area contributed by atoms with E-state index in [2.05, 4.69) is 17.9 Å². The minimum atomic E-state index is -0.415. The summed E-state index contributed by atoms with van der Waals surface area (Å²) in [6, 6.07) is 12.0. The van der Waals surface area contributed by atoms with Crippen molar-refractivity contribution in [3.63, 3.8) is 0 Å². The highest BCUT2D eigenvalue weighted by Gasteiger charge is 2.23. The van der Waals surface area contributed by atoms with Gasteiger partial charge in [-0.1, -0.05) is 36.5 Å². The molecule has 0 bridgehead atoms. The lowest BCUT2D eigenvalue weighted by Gasteiger charge is -2.29. The van der Waals surface area contributed by atoms with Gasteiger partial charge in [-0.25, -0.2) is 9.37 Å². The molecule has 1 aliphatic rings. The van der Waals surface area contributed by atoms with Gasteiger partial charge in [0.15, 0.2) is 5.13 Å². The van der Waals surface area contributed by atoms with E-state index in [0.29, 0.717) is 30.5 Å². The fourth-order valence-corrected chi connectivity index (χ4v) is 4.56. The zero-order valence-corrected chi connectivity index (χ0v) is 17.3. The number of carbonyl (C=O) groups excluding carboxylic acids is 1. The van der Waals surface area contributed by atoms with Gasteiger partial charge in [-0.3, -0.25) is 14.6 Å². The number of aryl methyl sites for hydroxylation is 1. The van der Waals surface area contributed by atoms with Crippen molar-refractivity contribution in [2.75, 3.05) is 44.3 Å². The first-order valence-corrected chi connectivity index (χ1v) is 10.7. The number of para-hydroxylation sites is 1. The Bertz CT molecular complexity index is 1000. The second-order valence-electron chi connectivity index (χ2n) is 7.04. The Morgan fingerprint density at radius 1 is 1.24 bits per heavy atom. The monoisotopic (exact) mass is 413 g/mol. The summed E-state index contributed by atoms with van der Waals surface area (Å²) in [5.41, 5.74) is 2.44. The fraction of sp³-hybridized carbons (Fsp3) is 0.364. The SMILES string of the molecule is CCc1cccc2sc(N(CCN3CCOCC3)C(=O)c3cccc(F)c3)nc12. The third-order valence-electron chi connectivity index (χ3n) is 5.16. The third kappa shape index (κ3) is 4.47. The van der Waals surface area contributed by atoms with Crippen LogP contribution in [-0.4, -0.2) is 55.2 Å². The number of hydrogen-bond donors (Lipinski definition) is 0. The zero-order valence-electron chi connectivity index (χ0n) is 16.4. The van der Waals surface area contributed by atoms with Crippen LogP contribution in [0.4, 0.5) is 9.52 Å². The molecular formula is C22H24FN3O2S. The molecule has 1 saturated heterocycles. The van der Waals surface area contributed by atoms with Gasteiger partial charge in [0.25, 0.3) is 5.91 Å². The molecule has 0 radical (unpaired) electrons. The molecule has 0 unspecified atom stereocenters. The van der Waals surface area contributed by atoms with Crippen molar-refractivity contribution in [1.82, 2.24) is 9.88 Å². The van der Waals surface area contributed by atoms with Crippen LogP contribution in [0.25, 0.3) is 10.2 Å². The van der Waals surface area contributed by atoms with Gasteiger partial charge in [0.05, 0.1) is 23.4 Å². The van der Waals surface area contributed by atoms with E-state index in [1.54, 1.807) is 17.0 Å². The molecule has 2 heterocycles. The molecule has 3 aromatic rings. The maximum atomic E-state index is 13.7. The van der Waals surface area contributed by atoms with Crippen molar-refractivity contribution in [3.8, 4) is 0 Å². The first-order valence-electron chi connectivity index (χ1n) is 9.91. The first-order chi connectivity index (χ1) is 14.2. The van der Waals surface area contributed by atoms with Crippen molar-refractivity contribution in [3.05, 3.63) is 59.4 Å². The van der Waals surface area contributed by atoms with Crippen LogP contribution in [0.1, 0.15) is 22.8 Å². The molecule has 152 valence electrons. The number of morpholine rings is 1. The van der Waals surface area contributed by atoms with Gasteiger partial charge in [-0.2, -0.15) is 0 Å². The standard InChI is InChI=1S/C22H24FN3O2S/c1-2-16-5-4-8-19-20(16)24-22(29-19)26(10-9-25-11-13-28-14-12-25)21(27)17-6-3-7-18(23)15-17/h3-8,15H,2,9-14H2,1H3. The first kappa shape index (κ1) is 19.9. The molecular weight excluding hydrogens is 389 g/mol. The van der Waals surface area contributed by atoms with Crippen LogP contribution in [-0.2, 0) is 11.2 Å². The average molecular weight is 414 g/mol. The Morgan fingerprint density at radius 2 is 2.03 bits per heavy atom. The van der Waals surface area contributed by atoms with E-state index in [4.69, 9.17) is 9.72 Å². The van der Waals surface area contributed by atoms with E-state index in [1.807, 2.05) is 12.1 Å². The lowest BCUT2D eigenvalue weighted by Crippen LogP contribution is -2.43. The number of amides is 1. The molecule has 29 heavy (non-hydrogen) atoms. The number of nitrogens with zero attached hydrogens (tertiary/aromatic N) is 3. The number of rotatable bonds is 6. The quantitative estimate of drug-likeness (QED) is 0.613. The molecule has 2 aromatic carbocycles. The van der Waals surface area contributed by atoms with Crippen LogP contribution in [0.3, 0.4) is 0 Å². The Labute approximate surface area is 173 Å². The molecule has 0 aliphatic carbocycles. The maximum absolute atomic E-state index is 13.7. The van der Waals surface area contributed by atoms with E-state index in [0.717, 1.165) is 41.8 Å². The van der Waals surface area contributed by atoms with Crippen LogP contribution < -0.4 is 4.90 Å². The highest BCUT2D eigenvalue weighted by atomic mass is 32.1. The highest BCUT2D eigenvalue weighted by molar-refractivity contribution is 7.22. The summed E-state index contributed by atoms with van der Waals surface area (Å²) >= 11 is 1.51. The third-order valence-corrected chi connectivity index (χ3v) is 6.21. The van der Waals surface area contributed by atoms with Gasteiger partial charge >= 0.3 is 0 Å². The lowest BCUT2D eigenvalue weighted by molar-refractivity contribution is 0.0391. The highest BCUT2D eigenvalue weighted by Crippen LogP contribution is 2.32. The van der Waals surface area contributed by atoms with Gasteiger partial charge < -0.3 is 4.74 Å². The molecule has 1 amide bonds. The Kier molecular flexibility index (Phi) is 6.18. The largest absolute Gasteiger partial charge is 0.379 e. The number of thiazole rings is 1. The average Bonchev–Trinajstić information content (AvgIpc) is 3.18. The van der Waals surface area contributed by atoms with Crippen LogP contribution >= 0.6 is 11.3 Å². The van der Waals surface area contributed by atoms with Crippen LogP contribution in [0.2, 0.25) is 0 Å². The predicted octanol–water partition coefficient (Wildman–Crippen LogP) is 3.98. The molecule has 0 N–H and O–H groups in total. The molecule has 4 rings (SSSR count). The van der Waals surface area contributed by atoms with E-state index in [-0.39, 0.29) is 5.91 Å². The number of aromatic nitrogens is 1. The summed E-state index contributed by atoms with van der Waals surface area (Å²) in [6.07, 6.45) is 0.881. The van der Waals surface area contributed by atoms with E-state index in [9.17, 15) is 9.18 Å². The van der Waals surface area contributed by atoms with Crippen LogP contribution in [0.15, 0.2) is 42.5 Å². The second-order valence-corrected chi connectivity index (χ2v) is 8.04. The van der Waals surface area contributed by atoms with Gasteiger partial charge in [0.2, 0.25) is 0 Å². The number of ether oxygens (including phenoxy) is 1. The molecule has 0 saturated carbocycles. The molecule has 1 aromatic heterocycles. The summed E-state index contributed by atoms with van der Waals surface area (Å²) in [5, 5.41) is 0.656. The van der Waals surface area contributed by atoms with Crippen molar-refractivity contribution >= 4 is 32.6 Å². The van der Waals surface area contributed by atoms with Crippen LogP contribution in [0, 0.1) is 5.82 Å². The van der Waals surface area contributed by atoms with Crippen molar-refractivity contribution < 1.29 is 13.9 Å². The number of carbonyl (C=O) groups is 1. The smallest absolute Gasteiger partial charge is 0.260 e. The lowest BCUT2D eigenvalue weighted by atomic mass is 10.1. The zero-order chi connectivity index (χ0) is 20.2. The second kappa shape index (κ2) is 8.98. The van der Waals surface area contributed by atoms with Gasteiger partial charge in [0.1, 0.15) is 5.82 Å². The normalized spacial score (nSPS) is 15.0. The number of benzene rings is 2. The molecule has 5 nitrogen and oxygen atoms in total. The Balaban J connectivity index is 1.66. The van der Waals surface area contributed by atoms with E-state index < -0.39 is 5.82 Å². The summed E-state index contributed by atoms with van der Waals surface area (Å²) in [5.74, 6) is -0.642. The molecule has 0 spiro atoms. The summed E-state index contributed by atoms with van der Waals surface area (Å²) in [6.45, 7) is 6.43. The topological polar surface area (TPSA) is 45.7 Å². The van der Waals surface area contributed by atoms with Gasteiger partial charge in [-0.15, -0.1) is 0 Å². The predicted molar refractivity (Wildman–Crippen MR) is 114 cm³/mol. The van der Waals surface area contributed by atoms with Crippen molar-refractivity contribution in [2.45, 2.75) is 13.3 Å². The molecule has 1 fully saturated rings. The summed E-state index contributed by atoms with van der Waals surface area (Å²) in [4.78, 5) is 22.1. The molecule has 0 atom stereocenters. The molecule has 7 heteroatoms. The maximum Gasteiger partial charge on any atom is 0.260 e. The summed E-state index contributed by atoms with van der Waals surface area (Å²) in [7, 11) is 0. The number of fused-ring (bicyclic) bond motifs is 1. The minimum absolute atomic E-state index is 0.227. The fourth-order valence-electron chi connectivity index (χ4n) is 3.52. The van der Waals surface area contributed by atoms with Crippen molar-refractivity contribution in [1.29, 1.82) is 0 Å². The van der Waals surface area contributed by atoms with E-state index >= 15 is 0 Å². The Morgan fingerprint density at radius 3 is 2.79 bits per heavy atom. The van der Waals surface area contributed by atoms with E-state index in [1.165, 1.54) is 23.5 Å². The number of anilines is 1. The van der Waals surface area contributed by atoms with Crippen molar-refractivity contribution in [2.24, 2.45) is 0 Å². The summed E-state index contributed by atoms with van der Waals surface area (Å²) < 4.78 is 20.2.